The summed E-state index contributed by atoms with van der Waals surface area (Å²) in [6, 6.07) is 0. The summed E-state index contributed by atoms with van der Waals surface area (Å²) in [6.07, 6.45) is 76.7. The lowest BCUT2D eigenvalue weighted by atomic mass is 10.0. The fourth-order valence-electron chi connectivity index (χ4n) is 7.36. The minimum atomic E-state index is -0.806. The molecule has 0 spiro atoms. The number of ether oxygens (including phenoxy) is 2. The highest BCUT2D eigenvalue weighted by Crippen LogP contribution is 2.16. The van der Waals surface area contributed by atoms with Gasteiger partial charge in [0.05, 0.1) is 6.61 Å². The van der Waals surface area contributed by atoms with Gasteiger partial charge in [0.25, 0.3) is 0 Å². The van der Waals surface area contributed by atoms with E-state index in [-0.39, 0.29) is 31.6 Å². The van der Waals surface area contributed by atoms with Crippen molar-refractivity contribution in [1.29, 1.82) is 0 Å². The second-order valence-electron chi connectivity index (χ2n) is 17.6. The van der Waals surface area contributed by atoms with Crippen LogP contribution < -0.4 is 0 Å². The summed E-state index contributed by atoms with van der Waals surface area (Å²) >= 11 is 0. The number of unbranched alkanes of at least 4 members (excludes halogenated alkanes) is 24. The van der Waals surface area contributed by atoms with E-state index in [0.29, 0.717) is 12.8 Å². The van der Waals surface area contributed by atoms with Crippen molar-refractivity contribution in [2.75, 3.05) is 13.2 Å². The van der Waals surface area contributed by atoms with Crippen LogP contribution in [0.1, 0.15) is 245 Å². The van der Waals surface area contributed by atoms with Crippen LogP contribution in [0, 0.1) is 0 Å². The molecule has 1 unspecified atom stereocenters. The maximum absolute atomic E-state index is 12.2. The molecule has 1 N–H and O–H groups in total. The molecule has 0 fully saturated rings. The first-order valence-electron chi connectivity index (χ1n) is 26.8. The van der Waals surface area contributed by atoms with Gasteiger partial charge in [0.2, 0.25) is 0 Å². The predicted octanol–water partition coefficient (Wildman–Crippen LogP) is 18.0. The number of allylic oxidation sites excluding steroid dienone is 16. The van der Waals surface area contributed by atoms with E-state index in [0.717, 1.165) is 70.6 Å². The summed E-state index contributed by atoms with van der Waals surface area (Å²) in [6.45, 7) is 3.97. The van der Waals surface area contributed by atoms with Crippen molar-refractivity contribution >= 4 is 11.9 Å². The summed E-state index contributed by atoms with van der Waals surface area (Å²) in [5, 5.41) is 9.61. The van der Waals surface area contributed by atoms with Crippen molar-refractivity contribution in [3.8, 4) is 0 Å². The molecule has 0 bridgehead atoms. The molecule has 0 amide bonds. The van der Waals surface area contributed by atoms with Crippen LogP contribution in [-0.2, 0) is 19.1 Å². The van der Waals surface area contributed by atoms with Crippen LogP contribution in [0.3, 0.4) is 0 Å². The molecule has 0 aromatic heterocycles. The third kappa shape index (κ3) is 51.5. The van der Waals surface area contributed by atoms with E-state index in [4.69, 9.17) is 9.47 Å². The Balaban J connectivity index is 3.51. The van der Waals surface area contributed by atoms with Gasteiger partial charge in [-0.1, -0.05) is 239 Å². The summed E-state index contributed by atoms with van der Waals surface area (Å²) < 4.78 is 10.6. The van der Waals surface area contributed by atoms with Gasteiger partial charge in [-0.25, -0.2) is 0 Å². The molecule has 5 nitrogen and oxygen atoms in total. The molecule has 5 heteroatoms. The highest BCUT2D eigenvalue weighted by atomic mass is 16.6. The van der Waals surface area contributed by atoms with Gasteiger partial charge in [-0.2, -0.15) is 0 Å². The molecule has 0 heterocycles. The number of aliphatic hydroxyl groups is 1. The minimum absolute atomic E-state index is 0.0919. The zero-order valence-corrected chi connectivity index (χ0v) is 41.8. The van der Waals surface area contributed by atoms with Crippen molar-refractivity contribution in [3.63, 3.8) is 0 Å². The van der Waals surface area contributed by atoms with E-state index in [2.05, 4.69) is 111 Å². The smallest absolute Gasteiger partial charge is 0.306 e. The third-order valence-electron chi connectivity index (χ3n) is 11.4. The fraction of sp³-hybridized carbons (Fsp3) is 0.695. The van der Waals surface area contributed by atoms with Gasteiger partial charge in [-0.15, -0.1) is 0 Å². The zero-order valence-electron chi connectivity index (χ0n) is 41.8. The molecule has 0 saturated carbocycles. The summed E-state index contributed by atoms with van der Waals surface area (Å²) in [5.74, 6) is -0.658. The normalized spacial score (nSPS) is 13.0. The summed E-state index contributed by atoms with van der Waals surface area (Å²) in [7, 11) is 0. The molecule has 0 radical (unpaired) electrons. The van der Waals surface area contributed by atoms with Gasteiger partial charge in [-0.05, 0) is 89.9 Å². The van der Waals surface area contributed by atoms with E-state index in [1.165, 1.54) is 141 Å². The molecule has 366 valence electrons. The Morgan fingerprint density at radius 2 is 0.688 bits per heavy atom. The Labute approximate surface area is 396 Å². The van der Waals surface area contributed by atoms with E-state index in [1.807, 2.05) is 0 Å². The Morgan fingerprint density at radius 3 is 1.06 bits per heavy atom. The topological polar surface area (TPSA) is 72.8 Å². The number of esters is 2. The molecule has 0 aliphatic carbocycles. The molecule has 0 aromatic rings. The Kier molecular flexibility index (Phi) is 51.5. The Hall–Kier alpha value is -3.18. The van der Waals surface area contributed by atoms with Gasteiger partial charge >= 0.3 is 11.9 Å². The molecular formula is C59H100O5. The van der Waals surface area contributed by atoms with Crippen molar-refractivity contribution in [1.82, 2.24) is 0 Å². The van der Waals surface area contributed by atoms with Gasteiger partial charge in [0.15, 0.2) is 6.10 Å². The van der Waals surface area contributed by atoms with Crippen LogP contribution in [0.25, 0.3) is 0 Å². The molecule has 0 aliphatic rings. The Bertz CT molecular complexity index is 1230. The number of carbonyl (C=O) groups excluding carboxylic acids is 2. The molecule has 0 aromatic carbocycles. The molecule has 0 aliphatic heterocycles. The minimum Gasteiger partial charge on any atom is -0.462 e. The van der Waals surface area contributed by atoms with E-state index in [9.17, 15) is 14.7 Å². The fourth-order valence-corrected chi connectivity index (χ4v) is 7.36. The van der Waals surface area contributed by atoms with Crippen LogP contribution in [0.4, 0.5) is 0 Å². The molecular weight excluding hydrogens is 789 g/mol. The maximum Gasteiger partial charge on any atom is 0.306 e. The highest BCUT2D eigenvalue weighted by molar-refractivity contribution is 5.70. The average Bonchev–Trinajstić information content (AvgIpc) is 3.30. The maximum atomic E-state index is 12.2. The first kappa shape index (κ1) is 60.8. The first-order chi connectivity index (χ1) is 31.6. The van der Waals surface area contributed by atoms with Crippen LogP contribution in [0.2, 0.25) is 0 Å². The van der Waals surface area contributed by atoms with Crippen molar-refractivity contribution in [2.24, 2.45) is 0 Å². The average molecular weight is 889 g/mol. The van der Waals surface area contributed by atoms with Gasteiger partial charge in [0, 0.05) is 12.8 Å². The van der Waals surface area contributed by atoms with Crippen molar-refractivity contribution in [2.45, 2.75) is 251 Å². The SMILES string of the molecule is CC/C=C\C/C=C\C/C=C\C/C=C\C/C=C\CCCC(=O)OC(CO)COC(=O)CCCCCCCCCCCCCCCCCCCC/C=C\C/C=C\C/C=C\CCCCCCC. The van der Waals surface area contributed by atoms with Crippen molar-refractivity contribution < 1.29 is 24.2 Å². The lowest BCUT2D eigenvalue weighted by molar-refractivity contribution is -0.161. The van der Waals surface area contributed by atoms with Crippen LogP contribution in [-0.4, -0.2) is 36.4 Å². The zero-order chi connectivity index (χ0) is 46.3. The molecule has 0 saturated heterocycles. The Morgan fingerprint density at radius 1 is 0.375 bits per heavy atom. The van der Waals surface area contributed by atoms with Crippen molar-refractivity contribution in [3.05, 3.63) is 97.2 Å². The number of rotatable bonds is 48. The second-order valence-corrected chi connectivity index (χ2v) is 17.6. The van der Waals surface area contributed by atoms with Gasteiger partial charge < -0.3 is 14.6 Å². The lowest BCUT2D eigenvalue weighted by Gasteiger charge is -2.15. The second kappa shape index (κ2) is 54.2. The van der Waals surface area contributed by atoms with Crippen LogP contribution in [0.5, 0.6) is 0 Å². The quantitative estimate of drug-likeness (QED) is 0.0374. The summed E-state index contributed by atoms with van der Waals surface area (Å²) in [4.78, 5) is 24.4. The van der Waals surface area contributed by atoms with Crippen LogP contribution in [0.15, 0.2) is 97.2 Å². The molecule has 0 rings (SSSR count). The molecule has 1 atom stereocenters. The van der Waals surface area contributed by atoms with Crippen LogP contribution >= 0.6 is 0 Å². The summed E-state index contributed by atoms with van der Waals surface area (Å²) in [5.41, 5.74) is 0. The first-order valence-corrected chi connectivity index (χ1v) is 26.8. The predicted molar refractivity (Wildman–Crippen MR) is 279 cm³/mol. The lowest BCUT2D eigenvalue weighted by Crippen LogP contribution is -2.28. The van der Waals surface area contributed by atoms with Gasteiger partial charge in [0.1, 0.15) is 6.61 Å². The third-order valence-corrected chi connectivity index (χ3v) is 11.4. The number of hydrogen-bond donors (Lipinski definition) is 1. The van der Waals surface area contributed by atoms with E-state index >= 15 is 0 Å². The number of hydrogen-bond acceptors (Lipinski definition) is 5. The molecule has 64 heavy (non-hydrogen) atoms. The monoisotopic (exact) mass is 889 g/mol. The number of carbonyl (C=O) groups is 2. The standard InChI is InChI=1S/C59H100O5/c1-3-5-7-9-11-13-15-17-19-21-22-23-24-25-26-27-28-29-30-31-32-33-34-35-36-38-39-41-43-45-47-49-51-53-58(61)63-56-57(55-60)64-59(62)54-52-50-48-46-44-42-40-37-20-18-16-14-12-10-8-6-4-2/h6,8,12,14-15,17-18,20-22,24-25,40,42,46,48,57,60H,3-5,7,9-11,13,16,19,23,26-39,41,43-45,47,49-56H2,1-2H3/b8-6-,14-12-,17-15-,20-18-,22-21-,25-24-,42-40-,48-46-. The largest absolute Gasteiger partial charge is 0.462 e. The van der Waals surface area contributed by atoms with Gasteiger partial charge in [-0.3, -0.25) is 9.59 Å². The van der Waals surface area contributed by atoms with E-state index in [1.54, 1.807) is 0 Å². The van der Waals surface area contributed by atoms with E-state index < -0.39 is 6.10 Å². The number of aliphatic hydroxyl groups excluding tert-OH is 1. The highest BCUT2D eigenvalue weighted by Gasteiger charge is 2.16.